The number of rotatable bonds is 5. The van der Waals surface area contributed by atoms with Gasteiger partial charge in [-0.2, -0.15) is 0 Å². The second-order valence-corrected chi connectivity index (χ2v) is 5.80. The molecule has 1 N–H and O–H groups in total. The van der Waals surface area contributed by atoms with Gasteiger partial charge in [-0.25, -0.2) is 0 Å². The van der Waals surface area contributed by atoms with Crippen molar-refractivity contribution in [1.29, 1.82) is 0 Å². The number of hydrogen-bond acceptors (Lipinski definition) is 1. The van der Waals surface area contributed by atoms with Crippen LogP contribution in [0.3, 0.4) is 0 Å². The molecule has 20 heavy (non-hydrogen) atoms. The third-order valence-corrected chi connectivity index (χ3v) is 3.81. The van der Waals surface area contributed by atoms with E-state index in [4.69, 9.17) is 11.6 Å². The summed E-state index contributed by atoms with van der Waals surface area (Å²) in [7, 11) is 0. The van der Waals surface area contributed by atoms with E-state index in [1.165, 1.54) is 16.7 Å². The Morgan fingerprint density at radius 1 is 1.00 bits per heavy atom. The van der Waals surface area contributed by atoms with Crippen molar-refractivity contribution < 1.29 is 0 Å². The van der Waals surface area contributed by atoms with Crippen LogP contribution in [0.25, 0.3) is 11.1 Å². The van der Waals surface area contributed by atoms with Crippen LogP contribution >= 0.6 is 11.6 Å². The molecule has 0 aliphatic heterocycles. The maximum atomic E-state index is 6.27. The van der Waals surface area contributed by atoms with Gasteiger partial charge >= 0.3 is 0 Å². The van der Waals surface area contributed by atoms with Gasteiger partial charge in [-0.05, 0) is 40.8 Å². The Labute approximate surface area is 127 Å². The first kappa shape index (κ1) is 15.1. The highest BCUT2D eigenvalue weighted by Crippen LogP contribution is 2.25. The van der Waals surface area contributed by atoms with Gasteiger partial charge in [0.2, 0.25) is 0 Å². The second-order valence-electron chi connectivity index (χ2n) is 5.39. The van der Waals surface area contributed by atoms with Crippen LogP contribution in [0, 0.1) is 0 Å². The van der Waals surface area contributed by atoms with Gasteiger partial charge in [0, 0.05) is 17.6 Å². The lowest BCUT2D eigenvalue weighted by molar-refractivity contribution is 0.589. The molecular formula is C18H22ClN. The molecule has 2 aromatic rings. The topological polar surface area (TPSA) is 12.0 Å². The molecule has 0 bridgehead atoms. The Kier molecular flexibility index (Phi) is 5.22. The Balaban J connectivity index is 2.25. The number of aryl methyl sites for hydroxylation is 1. The average Bonchev–Trinajstić information content (AvgIpc) is 2.46. The molecule has 0 saturated carbocycles. The molecule has 0 saturated heterocycles. The fraction of sp³-hybridized carbons (Fsp3) is 0.333. The summed E-state index contributed by atoms with van der Waals surface area (Å²) in [6, 6.07) is 15.5. The summed E-state index contributed by atoms with van der Waals surface area (Å²) in [6.07, 6.45) is 1.07. The largest absolute Gasteiger partial charge is 0.310 e. The van der Waals surface area contributed by atoms with E-state index >= 15 is 0 Å². The molecule has 1 nitrogen and oxygen atoms in total. The van der Waals surface area contributed by atoms with Gasteiger partial charge in [0.25, 0.3) is 0 Å². The minimum Gasteiger partial charge on any atom is -0.310 e. The third-order valence-electron chi connectivity index (χ3n) is 3.44. The lowest BCUT2D eigenvalue weighted by Gasteiger charge is -2.11. The van der Waals surface area contributed by atoms with E-state index in [1.54, 1.807) is 0 Å². The first-order chi connectivity index (χ1) is 9.60. The van der Waals surface area contributed by atoms with E-state index < -0.39 is 0 Å². The minimum absolute atomic E-state index is 0.457. The van der Waals surface area contributed by atoms with Crippen LogP contribution in [-0.2, 0) is 13.0 Å². The molecule has 0 unspecified atom stereocenters. The molecule has 0 aliphatic rings. The molecule has 2 aromatic carbocycles. The maximum Gasteiger partial charge on any atom is 0.0451 e. The molecule has 0 aromatic heterocycles. The Bertz CT molecular complexity index is 558. The number of nitrogens with one attached hydrogen (secondary N) is 1. The van der Waals surface area contributed by atoms with Crippen LogP contribution in [0.1, 0.15) is 31.9 Å². The molecule has 2 rings (SSSR count). The van der Waals surface area contributed by atoms with E-state index in [9.17, 15) is 0 Å². The van der Waals surface area contributed by atoms with Crippen molar-refractivity contribution in [1.82, 2.24) is 5.32 Å². The lowest BCUT2D eigenvalue weighted by atomic mass is 10.0. The van der Waals surface area contributed by atoms with E-state index in [0.717, 1.165) is 23.6 Å². The summed E-state index contributed by atoms with van der Waals surface area (Å²) in [5.41, 5.74) is 4.98. The fourth-order valence-corrected chi connectivity index (χ4v) is 2.32. The number of benzene rings is 2. The number of halogens is 1. The standard InChI is InChI=1S/C18H22ClN/c1-4-14-5-7-15(8-6-14)16-9-10-18(19)17(11-16)12-20-13(2)3/h5-11,13,20H,4,12H2,1-3H3. The quantitative estimate of drug-likeness (QED) is 0.810. The zero-order valence-corrected chi connectivity index (χ0v) is 13.2. The first-order valence-corrected chi connectivity index (χ1v) is 7.59. The zero-order chi connectivity index (χ0) is 14.5. The highest BCUT2D eigenvalue weighted by Gasteiger charge is 2.05. The van der Waals surface area contributed by atoms with Crippen LogP contribution in [0.5, 0.6) is 0 Å². The molecule has 0 atom stereocenters. The average molecular weight is 288 g/mol. The molecule has 0 fully saturated rings. The molecule has 2 heteroatoms. The molecule has 0 heterocycles. The molecule has 0 aliphatic carbocycles. The molecule has 0 spiro atoms. The van der Waals surface area contributed by atoms with E-state index in [0.29, 0.717) is 6.04 Å². The third kappa shape index (κ3) is 3.84. The normalized spacial score (nSPS) is 11.1. The summed E-state index contributed by atoms with van der Waals surface area (Å²) < 4.78 is 0. The number of hydrogen-bond donors (Lipinski definition) is 1. The summed E-state index contributed by atoms with van der Waals surface area (Å²) in [5, 5.41) is 4.24. The van der Waals surface area contributed by atoms with Gasteiger partial charge in [0.05, 0.1) is 0 Å². The molecule has 0 amide bonds. The first-order valence-electron chi connectivity index (χ1n) is 7.21. The fourth-order valence-electron chi connectivity index (χ4n) is 2.14. The van der Waals surface area contributed by atoms with Crippen molar-refractivity contribution in [3.05, 3.63) is 58.6 Å². The Morgan fingerprint density at radius 3 is 2.25 bits per heavy atom. The maximum absolute atomic E-state index is 6.27. The molecule has 106 valence electrons. The van der Waals surface area contributed by atoms with Crippen LogP contribution < -0.4 is 5.32 Å². The van der Waals surface area contributed by atoms with E-state index in [-0.39, 0.29) is 0 Å². The Morgan fingerprint density at radius 2 is 1.65 bits per heavy atom. The van der Waals surface area contributed by atoms with Crippen molar-refractivity contribution in [3.8, 4) is 11.1 Å². The molecular weight excluding hydrogens is 266 g/mol. The van der Waals surface area contributed by atoms with E-state index in [1.807, 2.05) is 6.07 Å². The predicted molar refractivity (Wildman–Crippen MR) is 88.2 cm³/mol. The van der Waals surface area contributed by atoms with Crippen molar-refractivity contribution in [2.24, 2.45) is 0 Å². The van der Waals surface area contributed by atoms with Gasteiger partial charge in [-0.1, -0.05) is 62.7 Å². The van der Waals surface area contributed by atoms with Crippen LogP contribution in [0.15, 0.2) is 42.5 Å². The highest BCUT2D eigenvalue weighted by molar-refractivity contribution is 6.31. The van der Waals surface area contributed by atoms with Crippen LogP contribution in [0.4, 0.5) is 0 Å². The predicted octanol–water partition coefficient (Wildman–Crippen LogP) is 5.07. The van der Waals surface area contributed by atoms with Gasteiger partial charge in [-0.3, -0.25) is 0 Å². The summed E-state index contributed by atoms with van der Waals surface area (Å²) >= 11 is 6.27. The minimum atomic E-state index is 0.457. The van der Waals surface area contributed by atoms with Crippen LogP contribution in [0.2, 0.25) is 5.02 Å². The summed E-state index contributed by atoms with van der Waals surface area (Å²) in [4.78, 5) is 0. The Hall–Kier alpha value is -1.31. The van der Waals surface area contributed by atoms with Gasteiger partial charge in [-0.15, -0.1) is 0 Å². The highest BCUT2D eigenvalue weighted by atomic mass is 35.5. The van der Waals surface area contributed by atoms with E-state index in [2.05, 4.69) is 62.5 Å². The smallest absolute Gasteiger partial charge is 0.0451 e. The lowest BCUT2D eigenvalue weighted by Crippen LogP contribution is -2.21. The van der Waals surface area contributed by atoms with Crippen molar-refractivity contribution in [2.45, 2.75) is 39.8 Å². The monoisotopic (exact) mass is 287 g/mol. The van der Waals surface area contributed by atoms with Gasteiger partial charge in [0.15, 0.2) is 0 Å². The van der Waals surface area contributed by atoms with Crippen molar-refractivity contribution in [2.75, 3.05) is 0 Å². The van der Waals surface area contributed by atoms with Gasteiger partial charge in [0.1, 0.15) is 0 Å². The summed E-state index contributed by atoms with van der Waals surface area (Å²) in [6.45, 7) is 7.26. The second kappa shape index (κ2) is 6.92. The summed E-state index contributed by atoms with van der Waals surface area (Å²) in [5.74, 6) is 0. The van der Waals surface area contributed by atoms with Crippen LogP contribution in [-0.4, -0.2) is 6.04 Å². The van der Waals surface area contributed by atoms with Gasteiger partial charge < -0.3 is 5.32 Å². The van der Waals surface area contributed by atoms with Crippen molar-refractivity contribution in [3.63, 3.8) is 0 Å². The molecule has 0 radical (unpaired) electrons. The zero-order valence-electron chi connectivity index (χ0n) is 12.4. The van der Waals surface area contributed by atoms with Crippen molar-refractivity contribution >= 4 is 11.6 Å². The SMILES string of the molecule is CCc1ccc(-c2ccc(Cl)c(CNC(C)C)c2)cc1.